The highest BCUT2D eigenvalue weighted by molar-refractivity contribution is 6.09. The van der Waals surface area contributed by atoms with E-state index >= 15 is 0 Å². The van der Waals surface area contributed by atoms with Gasteiger partial charge in [-0.25, -0.2) is 0 Å². The molecule has 326 valence electrons. The first kappa shape index (κ1) is 45.1. The molecule has 0 bridgehead atoms. The minimum Gasteiger partial charge on any atom is -0.488 e. The second kappa shape index (κ2) is 18.1. The SMILES string of the molecule is CC(C)(C)Oc1ccc(C(=O)c2ccc(Oc3ccc(-c4ccc(C(C)(C)C(C)(C)Oc5ccc(C(=O)c6ccc(Oc7ccc(C(C)(C)C)cc7)cc6)cc5)cc4)cc3)cc2)cc1. The van der Waals surface area contributed by atoms with Crippen LogP contribution in [0.1, 0.15) is 112 Å². The number of rotatable bonds is 14. The van der Waals surface area contributed by atoms with Crippen molar-refractivity contribution < 1.29 is 28.5 Å². The summed E-state index contributed by atoms with van der Waals surface area (Å²) >= 11 is 0. The van der Waals surface area contributed by atoms with E-state index in [-0.39, 0.29) is 28.0 Å². The van der Waals surface area contributed by atoms with E-state index in [0.29, 0.717) is 45.3 Å². The van der Waals surface area contributed by atoms with Crippen LogP contribution in [0.4, 0.5) is 0 Å². The highest BCUT2D eigenvalue weighted by Crippen LogP contribution is 2.39. The minimum absolute atomic E-state index is 0.0625. The Kier molecular flexibility index (Phi) is 12.7. The molecule has 7 rings (SSSR count). The normalized spacial score (nSPS) is 12.0. The number of carbonyl (C=O) groups is 2. The minimum atomic E-state index is -0.597. The number of hydrogen-bond acceptors (Lipinski definition) is 6. The van der Waals surface area contributed by atoms with Crippen LogP contribution in [0.5, 0.6) is 34.5 Å². The van der Waals surface area contributed by atoms with E-state index < -0.39 is 5.60 Å². The summed E-state index contributed by atoms with van der Waals surface area (Å²) in [6.07, 6.45) is 0. The monoisotopic (exact) mass is 850 g/mol. The maximum atomic E-state index is 13.4. The first-order valence-corrected chi connectivity index (χ1v) is 21.8. The molecule has 7 aromatic carbocycles. The summed E-state index contributed by atoms with van der Waals surface area (Å²) in [5.41, 5.74) is 5.66. The lowest BCUT2D eigenvalue weighted by molar-refractivity contribution is 0.0357. The molecule has 0 atom stereocenters. The van der Waals surface area contributed by atoms with E-state index in [9.17, 15) is 9.59 Å². The van der Waals surface area contributed by atoms with Gasteiger partial charge in [0.1, 0.15) is 45.7 Å². The van der Waals surface area contributed by atoms with Crippen molar-refractivity contribution in [2.24, 2.45) is 0 Å². The summed E-state index contributed by atoms with van der Waals surface area (Å²) < 4.78 is 24.7. The van der Waals surface area contributed by atoms with Crippen molar-refractivity contribution in [2.45, 2.75) is 91.3 Å². The fourth-order valence-corrected chi connectivity index (χ4v) is 7.24. The molecule has 6 nitrogen and oxygen atoms in total. The second-order valence-corrected chi connectivity index (χ2v) is 19.3. The maximum Gasteiger partial charge on any atom is 0.193 e. The van der Waals surface area contributed by atoms with Gasteiger partial charge in [0.05, 0.1) is 0 Å². The molecule has 0 fully saturated rings. The Morgan fingerprint density at radius 2 is 0.609 bits per heavy atom. The van der Waals surface area contributed by atoms with Gasteiger partial charge >= 0.3 is 0 Å². The van der Waals surface area contributed by atoms with Crippen molar-refractivity contribution in [1.29, 1.82) is 0 Å². The smallest absolute Gasteiger partial charge is 0.193 e. The van der Waals surface area contributed by atoms with Crippen LogP contribution in [-0.2, 0) is 10.8 Å². The quantitative estimate of drug-likeness (QED) is 0.102. The molecule has 0 radical (unpaired) electrons. The molecule has 0 aliphatic heterocycles. The van der Waals surface area contributed by atoms with E-state index in [4.69, 9.17) is 18.9 Å². The lowest BCUT2D eigenvalue weighted by Gasteiger charge is -2.42. The van der Waals surface area contributed by atoms with E-state index in [1.54, 1.807) is 36.4 Å². The molecule has 0 saturated carbocycles. The molecule has 0 amide bonds. The van der Waals surface area contributed by atoms with E-state index in [1.807, 2.05) is 118 Å². The van der Waals surface area contributed by atoms with Crippen molar-refractivity contribution in [3.8, 4) is 45.6 Å². The Labute approximate surface area is 378 Å². The number of hydrogen-bond donors (Lipinski definition) is 0. The van der Waals surface area contributed by atoms with Gasteiger partial charge in [-0.05, 0) is 184 Å². The molecule has 0 unspecified atom stereocenters. The zero-order chi connectivity index (χ0) is 45.9. The van der Waals surface area contributed by atoms with Crippen LogP contribution in [0.2, 0.25) is 0 Å². The molecular weight excluding hydrogens is 793 g/mol. The van der Waals surface area contributed by atoms with Crippen LogP contribution < -0.4 is 18.9 Å². The molecule has 0 aliphatic carbocycles. The van der Waals surface area contributed by atoms with Gasteiger partial charge in [0.15, 0.2) is 11.6 Å². The molecule has 0 saturated heterocycles. The lowest BCUT2D eigenvalue weighted by atomic mass is 9.71. The van der Waals surface area contributed by atoms with E-state index in [2.05, 4.69) is 84.9 Å². The number of benzene rings is 7. The zero-order valence-electron chi connectivity index (χ0n) is 38.6. The van der Waals surface area contributed by atoms with Gasteiger partial charge in [0, 0.05) is 27.7 Å². The number of carbonyl (C=O) groups excluding carboxylic acids is 2. The van der Waals surface area contributed by atoms with Crippen LogP contribution in [-0.4, -0.2) is 22.8 Å². The molecule has 0 aliphatic rings. The average Bonchev–Trinajstić information content (AvgIpc) is 3.26. The molecule has 0 heterocycles. The molecular formula is C58H58O6. The Bertz CT molecular complexity index is 2680. The molecule has 7 aromatic rings. The summed E-state index contributed by atoms with van der Waals surface area (Å²) in [5, 5.41) is 0. The summed E-state index contributed by atoms with van der Waals surface area (Å²) in [7, 11) is 0. The molecule has 64 heavy (non-hydrogen) atoms. The van der Waals surface area contributed by atoms with Crippen LogP contribution in [0.15, 0.2) is 170 Å². The van der Waals surface area contributed by atoms with E-state index in [1.165, 1.54) is 5.56 Å². The topological polar surface area (TPSA) is 71.1 Å². The first-order chi connectivity index (χ1) is 30.2. The third kappa shape index (κ3) is 10.8. The third-order valence-electron chi connectivity index (χ3n) is 11.8. The molecule has 6 heteroatoms. The van der Waals surface area contributed by atoms with Gasteiger partial charge in [0.2, 0.25) is 0 Å². The van der Waals surface area contributed by atoms with Crippen LogP contribution in [0.3, 0.4) is 0 Å². The first-order valence-electron chi connectivity index (χ1n) is 21.8. The predicted octanol–water partition coefficient (Wildman–Crippen LogP) is 15.0. The van der Waals surface area contributed by atoms with Crippen molar-refractivity contribution >= 4 is 11.6 Å². The standard InChI is InChI=1S/C58H58O6/c1-55(2,3)45-25-37-50(38-26-45)62-49-31-17-42(18-32-49)54(60)44-21-35-52(36-22-44)64-58(9,10)57(7,8)46-23-11-39(12-24-46)40-13-27-47(28-14-40)61-48-29-15-41(16-30-48)53(59)43-19-33-51(34-20-43)63-56(4,5)6/h11-38H,1-10H3. The Balaban J connectivity index is 0.923. The predicted molar refractivity (Wildman–Crippen MR) is 258 cm³/mol. The Hall–Kier alpha value is -6.92. The fourth-order valence-electron chi connectivity index (χ4n) is 7.24. The second-order valence-electron chi connectivity index (χ2n) is 19.3. The van der Waals surface area contributed by atoms with Crippen molar-refractivity contribution in [3.63, 3.8) is 0 Å². The van der Waals surface area contributed by atoms with E-state index in [0.717, 1.165) is 28.2 Å². The van der Waals surface area contributed by atoms with Crippen molar-refractivity contribution in [3.05, 3.63) is 203 Å². The highest BCUT2D eigenvalue weighted by atomic mass is 16.5. The van der Waals surface area contributed by atoms with Gasteiger partial charge in [-0.2, -0.15) is 0 Å². The number of ether oxygens (including phenoxy) is 4. The third-order valence-corrected chi connectivity index (χ3v) is 11.8. The summed E-state index contributed by atoms with van der Waals surface area (Å²) in [6, 6.07) is 53.7. The van der Waals surface area contributed by atoms with Crippen molar-refractivity contribution in [2.75, 3.05) is 0 Å². The maximum absolute atomic E-state index is 13.4. The molecule has 0 N–H and O–H groups in total. The summed E-state index contributed by atoms with van der Waals surface area (Å²) in [5.74, 6) is 4.05. The summed E-state index contributed by atoms with van der Waals surface area (Å²) in [4.78, 5) is 26.5. The largest absolute Gasteiger partial charge is 0.488 e. The lowest BCUT2D eigenvalue weighted by Crippen LogP contribution is -2.47. The van der Waals surface area contributed by atoms with Crippen LogP contribution in [0.25, 0.3) is 11.1 Å². The van der Waals surface area contributed by atoms with Gasteiger partial charge in [0.25, 0.3) is 0 Å². The van der Waals surface area contributed by atoms with Crippen molar-refractivity contribution in [1.82, 2.24) is 0 Å². The average molecular weight is 851 g/mol. The number of ketones is 2. The molecule has 0 aromatic heterocycles. The summed E-state index contributed by atoms with van der Waals surface area (Å²) in [6.45, 7) is 21.1. The highest BCUT2D eigenvalue weighted by Gasteiger charge is 2.40. The van der Waals surface area contributed by atoms with Gasteiger partial charge in [-0.1, -0.05) is 83.1 Å². The fraction of sp³-hybridized carbons (Fsp3) is 0.241. The van der Waals surface area contributed by atoms with Gasteiger partial charge in [-0.3, -0.25) is 9.59 Å². The Morgan fingerprint density at radius 1 is 0.328 bits per heavy atom. The van der Waals surface area contributed by atoms with Gasteiger partial charge in [-0.15, -0.1) is 0 Å². The zero-order valence-corrected chi connectivity index (χ0v) is 38.6. The Morgan fingerprint density at radius 3 is 0.953 bits per heavy atom. The molecule has 0 spiro atoms. The van der Waals surface area contributed by atoms with Crippen LogP contribution in [0, 0.1) is 0 Å². The van der Waals surface area contributed by atoms with Gasteiger partial charge < -0.3 is 18.9 Å². The van der Waals surface area contributed by atoms with Crippen LogP contribution >= 0.6 is 0 Å².